The van der Waals surface area contributed by atoms with Crippen LogP contribution in [0.4, 0.5) is 9.52 Å². The zero-order chi connectivity index (χ0) is 17.2. The van der Waals surface area contributed by atoms with Crippen LogP contribution >= 0.6 is 11.3 Å². The van der Waals surface area contributed by atoms with Crippen molar-refractivity contribution in [3.63, 3.8) is 0 Å². The van der Waals surface area contributed by atoms with Gasteiger partial charge in [-0.3, -0.25) is 4.79 Å². The van der Waals surface area contributed by atoms with Gasteiger partial charge in [-0.2, -0.15) is 0 Å². The largest absolute Gasteiger partial charge is 0.361 e. The number of aromatic nitrogens is 2. The summed E-state index contributed by atoms with van der Waals surface area (Å²) < 4.78 is 13.0. The molecular weight excluding hydrogens is 337 g/mol. The molecule has 1 amide bonds. The number of hydrogen-bond acceptors (Lipinski definition) is 3. The van der Waals surface area contributed by atoms with Gasteiger partial charge in [-0.1, -0.05) is 18.2 Å². The van der Waals surface area contributed by atoms with Crippen molar-refractivity contribution in [3.05, 3.63) is 71.5 Å². The molecule has 0 radical (unpaired) electrons. The zero-order valence-corrected chi connectivity index (χ0v) is 13.9. The molecule has 0 fully saturated rings. The van der Waals surface area contributed by atoms with Crippen molar-refractivity contribution in [2.75, 3.05) is 5.32 Å². The van der Waals surface area contributed by atoms with Gasteiger partial charge in [0.05, 0.1) is 12.1 Å². The van der Waals surface area contributed by atoms with Crippen molar-refractivity contribution in [2.24, 2.45) is 0 Å². The minimum Gasteiger partial charge on any atom is -0.361 e. The van der Waals surface area contributed by atoms with Crippen molar-refractivity contribution in [3.8, 4) is 11.3 Å². The molecule has 0 aliphatic rings. The van der Waals surface area contributed by atoms with E-state index in [1.165, 1.54) is 23.5 Å². The van der Waals surface area contributed by atoms with Crippen molar-refractivity contribution >= 4 is 33.3 Å². The highest BCUT2D eigenvalue weighted by Gasteiger charge is 2.11. The Balaban J connectivity index is 1.47. The molecule has 6 heteroatoms. The Morgan fingerprint density at radius 3 is 2.80 bits per heavy atom. The second-order valence-corrected chi connectivity index (χ2v) is 6.49. The number of benzene rings is 2. The molecule has 2 aromatic heterocycles. The number of nitrogens with zero attached hydrogens (tertiary/aromatic N) is 1. The number of para-hydroxylation sites is 1. The lowest BCUT2D eigenvalue weighted by atomic mass is 10.1. The molecule has 0 spiro atoms. The van der Waals surface area contributed by atoms with Crippen LogP contribution in [0.3, 0.4) is 0 Å². The minimum absolute atomic E-state index is 0.121. The van der Waals surface area contributed by atoms with Crippen molar-refractivity contribution in [1.82, 2.24) is 9.97 Å². The lowest BCUT2D eigenvalue weighted by Crippen LogP contribution is -2.13. The smallest absolute Gasteiger partial charge is 0.230 e. The molecule has 4 nitrogen and oxygen atoms in total. The lowest BCUT2D eigenvalue weighted by Gasteiger charge is -2.01. The van der Waals surface area contributed by atoms with Crippen molar-refractivity contribution < 1.29 is 9.18 Å². The molecule has 4 rings (SSSR count). The third kappa shape index (κ3) is 3.29. The molecule has 2 aromatic carbocycles. The third-order valence-corrected chi connectivity index (χ3v) is 4.67. The van der Waals surface area contributed by atoms with Crippen LogP contribution in [-0.4, -0.2) is 15.9 Å². The summed E-state index contributed by atoms with van der Waals surface area (Å²) in [6.45, 7) is 0. The van der Waals surface area contributed by atoms with Gasteiger partial charge in [0.1, 0.15) is 5.82 Å². The number of thiazole rings is 1. The summed E-state index contributed by atoms with van der Waals surface area (Å²) in [6.07, 6.45) is 2.13. The number of anilines is 1. The molecule has 0 unspecified atom stereocenters. The van der Waals surface area contributed by atoms with E-state index in [1.807, 2.05) is 35.8 Å². The van der Waals surface area contributed by atoms with E-state index >= 15 is 0 Å². The Kier molecular flexibility index (Phi) is 4.03. The second kappa shape index (κ2) is 6.49. The van der Waals surface area contributed by atoms with Crippen LogP contribution in [0.15, 0.2) is 60.1 Å². The molecule has 0 saturated heterocycles. The Labute approximate surface area is 147 Å². The van der Waals surface area contributed by atoms with Gasteiger partial charge >= 0.3 is 0 Å². The lowest BCUT2D eigenvalue weighted by molar-refractivity contribution is -0.115. The maximum Gasteiger partial charge on any atom is 0.230 e. The number of rotatable bonds is 4. The van der Waals surface area contributed by atoms with Gasteiger partial charge in [0.2, 0.25) is 5.91 Å². The first kappa shape index (κ1) is 15.5. The van der Waals surface area contributed by atoms with E-state index in [0.29, 0.717) is 10.8 Å². The SMILES string of the molecule is O=C(Cc1c[nH]c2ccccc12)Nc1nc(-c2ccc(F)cc2)cs1. The fourth-order valence-electron chi connectivity index (χ4n) is 2.70. The first-order valence-electron chi connectivity index (χ1n) is 7.75. The molecule has 0 bridgehead atoms. The van der Waals surface area contributed by atoms with Crippen LogP contribution in [0.25, 0.3) is 22.2 Å². The monoisotopic (exact) mass is 351 g/mol. The number of carbonyl (C=O) groups is 1. The number of hydrogen-bond donors (Lipinski definition) is 2. The number of fused-ring (bicyclic) bond motifs is 1. The van der Waals surface area contributed by atoms with Crippen LogP contribution in [0.2, 0.25) is 0 Å². The predicted molar refractivity (Wildman–Crippen MR) is 98.1 cm³/mol. The van der Waals surface area contributed by atoms with Crippen LogP contribution in [-0.2, 0) is 11.2 Å². The van der Waals surface area contributed by atoms with E-state index in [1.54, 1.807) is 12.1 Å². The number of carbonyl (C=O) groups excluding carboxylic acids is 1. The summed E-state index contributed by atoms with van der Waals surface area (Å²) in [4.78, 5) is 19.9. The number of nitrogens with one attached hydrogen (secondary N) is 2. The Morgan fingerprint density at radius 2 is 1.96 bits per heavy atom. The Morgan fingerprint density at radius 1 is 1.16 bits per heavy atom. The van der Waals surface area contributed by atoms with Crippen LogP contribution in [0, 0.1) is 5.82 Å². The van der Waals surface area contributed by atoms with Gasteiger partial charge in [0.15, 0.2) is 5.13 Å². The third-order valence-electron chi connectivity index (χ3n) is 3.92. The maximum atomic E-state index is 13.0. The van der Waals surface area contributed by atoms with Crippen molar-refractivity contribution in [1.29, 1.82) is 0 Å². The summed E-state index contributed by atoms with van der Waals surface area (Å²) in [7, 11) is 0. The molecule has 25 heavy (non-hydrogen) atoms. The Hall–Kier alpha value is -2.99. The molecule has 2 heterocycles. The van der Waals surface area contributed by atoms with Gasteiger partial charge in [0.25, 0.3) is 0 Å². The number of halogens is 1. The fraction of sp³-hybridized carbons (Fsp3) is 0.0526. The van der Waals surface area contributed by atoms with E-state index < -0.39 is 0 Å². The summed E-state index contributed by atoms with van der Waals surface area (Å²) in [5.41, 5.74) is 3.49. The summed E-state index contributed by atoms with van der Waals surface area (Å²) in [5.74, 6) is -0.406. The van der Waals surface area contributed by atoms with Crippen LogP contribution in [0.1, 0.15) is 5.56 Å². The number of amides is 1. The van der Waals surface area contributed by atoms with Crippen molar-refractivity contribution in [2.45, 2.75) is 6.42 Å². The first-order valence-corrected chi connectivity index (χ1v) is 8.63. The van der Waals surface area contributed by atoms with Crippen LogP contribution < -0.4 is 5.32 Å². The normalized spacial score (nSPS) is 10.9. The zero-order valence-electron chi connectivity index (χ0n) is 13.1. The van der Waals surface area contributed by atoms with Gasteiger partial charge < -0.3 is 10.3 Å². The maximum absolute atomic E-state index is 13.0. The van der Waals surface area contributed by atoms with Crippen LogP contribution in [0.5, 0.6) is 0 Å². The average molecular weight is 351 g/mol. The molecular formula is C19H14FN3OS. The average Bonchev–Trinajstić information content (AvgIpc) is 3.23. The fourth-order valence-corrected chi connectivity index (χ4v) is 3.43. The first-order chi connectivity index (χ1) is 12.2. The highest BCUT2D eigenvalue weighted by molar-refractivity contribution is 7.14. The molecule has 4 aromatic rings. The van der Waals surface area contributed by atoms with E-state index in [4.69, 9.17) is 0 Å². The van der Waals surface area contributed by atoms with Gasteiger partial charge in [-0.15, -0.1) is 11.3 Å². The molecule has 124 valence electrons. The molecule has 2 N–H and O–H groups in total. The summed E-state index contributed by atoms with van der Waals surface area (Å²) in [5, 5.41) is 6.25. The molecule has 0 atom stereocenters. The van der Waals surface area contributed by atoms with E-state index in [9.17, 15) is 9.18 Å². The predicted octanol–water partition coefficient (Wildman–Crippen LogP) is 4.61. The second-order valence-electron chi connectivity index (χ2n) is 5.63. The quantitative estimate of drug-likeness (QED) is 0.564. The van der Waals surface area contributed by atoms with Gasteiger partial charge in [-0.05, 0) is 35.9 Å². The van der Waals surface area contributed by atoms with Gasteiger partial charge in [0, 0.05) is 28.0 Å². The molecule has 0 aliphatic carbocycles. The topological polar surface area (TPSA) is 57.8 Å². The Bertz CT molecular complexity index is 1040. The standard InChI is InChI=1S/C19H14FN3OS/c20-14-7-5-12(6-8-14)17-11-25-19(22-17)23-18(24)9-13-10-21-16-4-2-1-3-15(13)16/h1-8,10-11,21H,9H2,(H,22,23,24). The minimum atomic E-state index is -0.286. The van der Waals surface area contributed by atoms with E-state index in [2.05, 4.69) is 15.3 Å². The summed E-state index contributed by atoms with van der Waals surface area (Å²) in [6, 6.07) is 14.0. The number of H-pyrrole nitrogens is 1. The van der Waals surface area contributed by atoms with E-state index in [0.717, 1.165) is 22.0 Å². The molecule has 0 aliphatic heterocycles. The highest BCUT2D eigenvalue weighted by atomic mass is 32.1. The number of aromatic amines is 1. The highest BCUT2D eigenvalue weighted by Crippen LogP contribution is 2.25. The van der Waals surface area contributed by atoms with Gasteiger partial charge in [-0.25, -0.2) is 9.37 Å². The summed E-state index contributed by atoms with van der Waals surface area (Å²) >= 11 is 1.35. The van der Waals surface area contributed by atoms with E-state index in [-0.39, 0.29) is 18.1 Å². The molecule has 0 saturated carbocycles.